The molecular weight excluding hydrogens is 386 g/mol. The summed E-state index contributed by atoms with van der Waals surface area (Å²) in [5.41, 5.74) is 3.75. The Morgan fingerprint density at radius 2 is 1.57 bits per heavy atom. The summed E-state index contributed by atoms with van der Waals surface area (Å²) in [7, 11) is 0. The zero-order chi connectivity index (χ0) is 20.8. The van der Waals surface area contributed by atoms with Crippen molar-refractivity contribution in [2.45, 2.75) is 25.7 Å². The van der Waals surface area contributed by atoms with Crippen LogP contribution in [0.4, 0.5) is 17.8 Å². The van der Waals surface area contributed by atoms with Gasteiger partial charge in [-0.05, 0) is 55.5 Å². The van der Waals surface area contributed by atoms with Crippen molar-refractivity contribution in [3.63, 3.8) is 0 Å². The molecule has 0 atom stereocenters. The first-order valence-electron chi connectivity index (χ1n) is 10.2. The van der Waals surface area contributed by atoms with E-state index >= 15 is 0 Å². The third-order valence-corrected chi connectivity index (χ3v) is 5.01. The molecule has 2 aliphatic rings. The Morgan fingerprint density at radius 1 is 1.00 bits per heavy atom. The molecule has 2 fully saturated rings. The Bertz CT molecular complexity index is 858. The van der Waals surface area contributed by atoms with E-state index in [9.17, 15) is 4.79 Å². The average Bonchev–Trinajstić information content (AvgIpc) is 3.47. The van der Waals surface area contributed by atoms with Crippen LogP contribution in [0.15, 0.2) is 29.4 Å². The van der Waals surface area contributed by atoms with Crippen LogP contribution in [0.3, 0.4) is 0 Å². The van der Waals surface area contributed by atoms with Gasteiger partial charge in [-0.15, -0.1) is 0 Å². The van der Waals surface area contributed by atoms with Gasteiger partial charge in [-0.3, -0.25) is 0 Å². The first-order chi connectivity index (χ1) is 14.7. The summed E-state index contributed by atoms with van der Waals surface area (Å²) < 4.78 is 5.12. The summed E-state index contributed by atoms with van der Waals surface area (Å²) >= 11 is 0. The van der Waals surface area contributed by atoms with Crippen molar-refractivity contribution >= 4 is 30.0 Å². The minimum atomic E-state index is -1.01. The summed E-state index contributed by atoms with van der Waals surface area (Å²) in [6.07, 6.45) is 6.25. The number of aliphatic carboxylic acids is 1. The van der Waals surface area contributed by atoms with Gasteiger partial charge in [0.25, 0.3) is 0 Å². The maximum Gasteiger partial charge on any atom is 0.341 e. The fourth-order valence-electron chi connectivity index (χ4n) is 3.48. The van der Waals surface area contributed by atoms with Crippen LogP contribution in [0.2, 0.25) is 0 Å². The molecule has 2 aromatic rings. The Labute approximate surface area is 174 Å². The smallest absolute Gasteiger partial charge is 0.341 e. The molecule has 0 aliphatic carbocycles. The van der Waals surface area contributed by atoms with Gasteiger partial charge in [0.05, 0.1) is 6.21 Å². The van der Waals surface area contributed by atoms with E-state index in [4.69, 9.17) is 9.84 Å². The molecule has 0 bridgehead atoms. The third kappa shape index (κ3) is 5.13. The van der Waals surface area contributed by atoms with Crippen molar-refractivity contribution in [2.75, 3.05) is 48.0 Å². The molecule has 2 saturated heterocycles. The van der Waals surface area contributed by atoms with Crippen LogP contribution in [-0.2, 0) is 4.79 Å². The van der Waals surface area contributed by atoms with Crippen molar-refractivity contribution in [1.29, 1.82) is 0 Å². The van der Waals surface area contributed by atoms with Gasteiger partial charge in [-0.1, -0.05) is 0 Å². The monoisotopic (exact) mass is 411 g/mol. The van der Waals surface area contributed by atoms with E-state index in [1.807, 2.05) is 0 Å². The van der Waals surface area contributed by atoms with Crippen molar-refractivity contribution in [2.24, 2.45) is 5.10 Å². The molecule has 2 aliphatic heterocycles. The van der Waals surface area contributed by atoms with Crippen LogP contribution in [0, 0.1) is 0 Å². The topological polar surface area (TPSA) is 116 Å². The molecule has 10 nitrogen and oxygen atoms in total. The number of nitrogens with one attached hydrogen (secondary N) is 1. The van der Waals surface area contributed by atoms with Crippen molar-refractivity contribution in [3.8, 4) is 5.75 Å². The number of rotatable bonds is 8. The van der Waals surface area contributed by atoms with Gasteiger partial charge in [0.15, 0.2) is 6.61 Å². The first kappa shape index (κ1) is 19.9. The Morgan fingerprint density at radius 3 is 2.10 bits per heavy atom. The van der Waals surface area contributed by atoms with Gasteiger partial charge in [0, 0.05) is 26.2 Å². The van der Waals surface area contributed by atoms with Gasteiger partial charge in [0.1, 0.15) is 5.75 Å². The van der Waals surface area contributed by atoms with E-state index in [2.05, 4.69) is 35.3 Å². The number of carboxylic acid groups (broad SMARTS) is 1. The lowest BCUT2D eigenvalue weighted by molar-refractivity contribution is -0.139. The van der Waals surface area contributed by atoms with Crippen molar-refractivity contribution < 1.29 is 14.6 Å². The number of carbonyl (C=O) groups is 1. The Balaban J connectivity index is 1.44. The zero-order valence-electron chi connectivity index (χ0n) is 16.7. The standard InChI is InChI=1S/C20H25N7O3/c28-17(29)14-30-16-7-5-15(6-8-16)13-21-25-18-22-19(26-9-1-2-10-26)24-20(23-18)27-11-3-4-12-27/h5-8,13H,1-4,9-12,14H2,(H,28,29)(H,22,23,24,25). The van der Waals surface area contributed by atoms with Crippen molar-refractivity contribution in [1.82, 2.24) is 15.0 Å². The summed E-state index contributed by atoms with van der Waals surface area (Å²) in [6.45, 7) is 3.48. The van der Waals surface area contributed by atoms with Crippen LogP contribution in [0.5, 0.6) is 5.75 Å². The van der Waals surface area contributed by atoms with Gasteiger partial charge < -0.3 is 19.6 Å². The van der Waals surface area contributed by atoms with E-state index in [-0.39, 0.29) is 6.61 Å². The summed E-state index contributed by atoms with van der Waals surface area (Å²) in [5.74, 6) is 1.30. The predicted octanol–water partition coefficient (Wildman–Crippen LogP) is 1.98. The number of hydrogen-bond donors (Lipinski definition) is 2. The van der Waals surface area contributed by atoms with Gasteiger partial charge in [-0.2, -0.15) is 20.1 Å². The van der Waals surface area contributed by atoms with Gasteiger partial charge in [-0.25, -0.2) is 10.2 Å². The maximum absolute atomic E-state index is 10.6. The highest BCUT2D eigenvalue weighted by Crippen LogP contribution is 2.22. The summed E-state index contributed by atoms with van der Waals surface area (Å²) in [5, 5.41) is 12.9. The molecule has 1 aromatic heterocycles. The summed E-state index contributed by atoms with van der Waals surface area (Å²) in [4.78, 5) is 28.7. The lowest BCUT2D eigenvalue weighted by atomic mass is 10.2. The third-order valence-electron chi connectivity index (χ3n) is 5.01. The fourth-order valence-corrected chi connectivity index (χ4v) is 3.48. The lowest BCUT2D eigenvalue weighted by Gasteiger charge is -2.20. The Hall–Kier alpha value is -3.43. The van der Waals surface area contributed by atoms with Crippen LogP contribution in [0.25, 0.3) is 0 Å². The van der Waals surface area contributed by atoms with E-state index in [0.29, 0.717) is 23.6 Å². The molecule has 1 aromatic carbocycles. The molecule has 0 spiro atoms. The number of nitrogens with zero attached hydrogens (tertiary/aromatic N) is 6. The molecular formula is C20H25N7O3. The first-order valence-corrected chi connectivity index (χ1v) is 10.2. The molecule has 0 saturated carbocycles. The second kappa shape index (κ2) is 9.38. The van der Waals surface area contributed by atoms with E-state index in [1.54, 1.807) is 30.5 Å². The van der Waals surface area contributed by atoms with Gasteiger partial charge in [0.2, 0.25) is 17.8 Å². The minimum Gasteiger partial charge on any atom is -0.482 e. The van der Waals surface area contributed by atoms with Crippen LogP contribution in [0.1, 0.15) is 31.2 Å². The highest BCUT2D eigenvalue weighted by molar-refractivity contribution is 5.80. The second-order valence-electron chi connectivity index (χ2n) is 7.27. The minimum absolute atomic E-state index is 0.368. The normalized spacial score (nSPS) is 16.4. The number of aromatic nitrogens is 3. The largest absolute Gasteiger partial charge is 0.482 e. The van der Waals surface area contributed by atoms with E-state index in [1.165, 1.54) is 0 Å². The molecule has 3 heterocycles. The van der Waals surface area contributed by atoms with Crippen molar-refractivity contribution in [3.05, 3.63) is 29.8 Å². The fraction of sp³-hybridized carbons (Fsp3) is 0.450. The molecule has 0 radical (unpaired) electrons. The second-order valence-corrected chi connectivity index (χ2v) is 7.27. The average molecular weight is 411 g/mol. The number of anilines is 3. The molecule has 158 valence electrons. The quantitative estimate of drug-likeness (QED) is 0.497. The number of benzene rings is 1. The predicted molar refractivity (Wildman–Crippen MR) is 114 cm³/mol. The molecule has 0 unspecified atom stereocenters. The Kier molecular flexibility index (Phi) is 6.21. The molecule has 2 N–H and O–H groups in total. The van der Waals surface area contributed by atoms with E-state index < -0.39 is 5.97 Å². The zero-order valence-corrected chi connectivity index (χ0v) is 16.7. The molecule has 4 rings (SSSR count). The highest BCUT2D eigenvalue weighted by atomic mass is 16.5. The molecule has 30 heavy (non-hydrogen) atoms. The van der Waals surface area contributed by atoms with Crippen LogP contribution >= 0.6 is 0 Å². The van der Waals surface area contributed by atoms with E-state index in [0.717, 1.165) is 57.4 Å². The molecule has 10 heteroatoms. The lowest BCUT2D eigenvalue weighted by Crippen LogP contribution is -2.25. The number of carboxylic acids is 1. The SMILES string of the molecule is O=C(O)COc1ccc(C=NNc2nc(N3CCCC3)nc(N3CCCC3)n2)cc1. The number of hydrogen-bond acceptors (Lipinski definition) is 9. The maximum atomic E-state index is 10.6. The van der Waals surface area contributed by atoms with Gasteiger partial charge >= 0.3 is 5.97 Å². The molecule has 0 amide bonds. The number of ether oxygens (including phenoxy) is 1. The summed E-state index contributed by atoms with van der Waals surface area (Å²) in [6, 6.07) is 6.98. The number of hydrazone groups is 1. The highest BCUT2D eigenvalue weighted by Gasteiger charge is 2.21. The van der Waals surface area contributed by atoms with Crippen LogP contribution < -0.4 is 20.0 Å². The van der Waals surface area contributed by atoms with Crippen LogP contribution in [-0.4, -0.2) is 65.0 Å².